The lowest BCUT2D eigenvalue weighted by Gasteiger charge is -2.40. The van der Waals surface area contributed by atoms with Crippen molar-refractivity contribution in [2.45, 2.75) is 64.8 Å². The normalized spacial score (nSPS) is 28.1. The van der Waals surface area contributed by atoms with E-state index in [0.717, 1.165) is 31.6 Å². The lowest BCUT2D eigenvalue weighted by Crippen LogP contribution is -2.58. The third-order valence-corrected chi connectivity index (χ3v) is 4.37. The molecule has 1 saturated carbocycles. The van der Waals surface area contributed by atoms with Gasteiger partial charge in [-0.3, -0.25) is 4.79 Å². The maximum absolute atomic E-state index is 12.0. The molecule has 0 heterocycles. The van der Waals surface area contributed by atoms with Crippen LogP contribution in [-0.4, -0.2) is 16.4 Å². The van der Waals surface area contributed by atoms with Crippen molar-refractivity contribution >= 4 is 23.1 Å². The minimum absolute atomic E-state index is 0.0766. The zero-order chi connectivity index (χ0) is 13.8. The Labute approximate surface area is 116 Å². The molecular formula is C14H26N2OS. The van der Waals surface area contributed by atoms with Crippen molar-refractivity contribution in [2.24, 2.45) is 17.6 Å². The summed E-state index contributed by atoms with van der Waals surface area (Å²) in [6, 6.07) is 0. The first-order valence-corrected chi connectivity index (χ1v) is 7.41. The summed E-state index contributed by atoms with van der Waals surface area (Å²) < 4.78 is 0. The Morgan fingerprint density at radius 1 is 1.44 bits per heavy atom. The van der Waals surface area contributed by atoms with Gasteiger partial charge in [0, 0.05) is 6.42 Å². The SMILES string of the molecule is CCC1CCC(NC(=O)CC(C)C)(C(N)=S)CC1. The second-order valence-corrected chi connectivity index (χ2v) is 6.38. The van der Waals surface area contributed by atoms with Gasteiger partial charge in [-0.15, -0.1) is 0 Å². The Bertz CT molecular complexity index is 307. The molecule has 0 aromatic carbocycles. The predicted molar refractivity (Wildman–Crippen MR) is 79.4 cm³/mol. The smallest absolute Gasteiger partial charge is 0.221 e. The van der Waals surface area contributed by atoms with Gasteiger partial charge in [-0.05, 0) is 37.5 Å². The summed E-state index contributed by atoms with van der Waals surface area (Å²) in [5.41, 5.74) is 5.46. The Balaban J connectivity index is 2.65. The van der Waals surface area contributed by atoms with Gasteiger partial charge in [0.25, 0.3) is 0 Å². The molecule has 0 aromatic rings. The molecule has 1 aliphatic carbocycles. The Kier molecular flexibility index (Phi) is 5.57. The van der Waals surface area contributed by atoms with Crippen molar-refractivity contribution in [1.29, 1.82) is 0 Å². The van der Waals surface area contributed by atoms with E-state index in [0.29, 0.717) is 17.3 Å². The van der Waals surface area contributed by atoms with Crippen LogP contribution in [0.3, 0.4) is 0 Å². The first-order chi connectivity index (χ1) is 8.39. The van der Waals surface area contributed by atoms with Crippen LogP contribution in [0.25, 0.3) is 0 Å². The molecule has 0 unspecified atom stereocenters. The topological polar surface area (TPSA) is 55.1 Å². The van der Waals surface area contributed by atoms with Gasteiger partial charge in [0.2, 0.25) is 5.91 Å². The maximum Gasteiger partial charge on any atom is 0.221 e. The van der Waals surface area contributed by atoms with E-state index in [9.17, 15) is 4.79 Å². The number of nitrogens with one attached hydrogen (secondary N) is 1. The molecule has 1 aliphatic rings. The van der Waals surface area contributed by atoms with Crippen LogP contribution in [0.15, 0.2) is 0 Å². The quantitative estimate of drug-likeness (QED) is 0.755. The fourth-order valence-electron chi connectivity index (χ4n) is 2.70. The van der Waals surface area contributed by atoms with Gasteiger partial charge in [-0.1, -0.05) is 39.4 Å². The van der Waals surface area contributed by atoms with Crippen molar-refractivity contribution in [1.82, 2.24) is 5.32 Å². The van der Waals surface area contributed by atoms with Gasteiger partial charge in [-0.25, -0.2) is 0 Å². The highest BCUT2D eigenvalue weighted by Crippen LogP contribution is 2.34. The van der Waals surface area contributed by atoms with Crippen molar-refractivity contribution in [2.75, 3.05) is 0 Å². The molecule has 1 fully saturated rings. The van der Waals surface area contributed by atoms with Crippen LogP contribution in [0.2, 0.25) is 0 Å². The van der Waals surface area contributed by atoms with Crippen LogP contribution in [0, 0.1) is 11.8 Å². The number of carbonyl (C=O) groups is 1. The Hall–Kier alpha value is -0.640. The highest BCUT2D eigenvalue weighted by molar-refractivity contribution is 7.80. The van der Waals surface area contributed by atoms with Crippen molar-refractivity contribution in [3.8, 4) is 0 Å². The predicted octanol–water partition coefficient (Wildman–Crippen LogP) is 2.77. The lowest BCUT2D eigenvalue weighted by atomic mass is 9.75. The van der Waals surface area contributed by atoms with E-state index in [2.05, 4.69) is 12.2 Å². The van der Waals surface area contributed by atoms with Gasteiger partial charge >= 0.3 is 0 Å². The van der Waals surface area contributed by atoms with Gasteiger partial charge < -0.3 is 11.1 Å². The second-order valence-electron chi connectivity index (χ2n) is 5.94. The maximum atomic E-state index is 12.0. The van der Waals surface area contributed by atoms with Crippen LogP contribution < -0.4 is 11.1 Å². The van der Waals surface area contributed by atoms with E-state index < -0.39 is 5.54 Å². The first kappa shape index (κ1) is 15.4. The molecule has 1 rings (SSSR count). The van der Waals surface area contributed by atoms with Crippen LogP contribution >= 0.6 is 12.2 Å². The molecule has 3 N–H and O–H groups in total. The van der Waals surface area contributed by atoms with Crippen molar-refractivity contribution in [3.05, 3.63) is 0 Å². The molecule has 0 radical (unpaired) electrons. The van der Waals surface area contributed by atoms with Gasteiger partial charge in [0.1, 0.15) is 0 Å². The number of thiocarbonyl (C=S) groups is 1. The standard InChI is InChI=1S/C14H26N2OS/c1-4-11-5-7-14(8-6-11,13(15)18)16-12(17)9-10(2)3/h10-11H,4-9H2,1-3H3,(H2,15,18)(H,16,17). The van der Waals surface area contributed by atoms with E-state index in [4.69, 9.17) is 18.0 Å². The molecule has 0 bridgehead atoms. The zero-order valence-corrected chi connectivity index (χ0v) is 12.6. The van der Waals surface area contributed by atoms with E-state index in [1.807, 2.05) is 13.8 Å². The van der Waals surface area contributed by atoms with Crippen LogP contribution in [0.4, 0.5) is 0 Å². The summed E-state index contributed by atoms with van der Waals surface area (Å²) in [5, 5.41) is 3.10. The summed E-state index contributed by atoms with van der Waals surface area (Å²) in [4.78, 5) is 12.4. The first-order valence-electron chi connectivity index (χ1n) is 7.00. The third kappa shape index (κ3) is 3.94. The monoisotopic (exact) mass is 270 g/mol. The molecule has 0 aromatic heterocycles. The summed E-state index contributed by atoms with van der Waals surface area (Å²) in [5.74, 6) is 1.20. The molecule has 1 amide bonds. The van der Waals surface area contributed by atoms with Crippen molar-refractivity contribution in [3.63, 3.8) is 0 Å². The van der Waals surface area contributed by atoms with Gasteiger partial charge in [0.15, 0.2) is 0 Å². The Morgan fingerprint density at radius 2 is 2.00 bits per heavy atom. The van der Waals surface area contributed by atoms with E-state index >= 15 is 0 Å². The minimum atomic E-state index is -0.424. The van der Waals surface area contributed by atoms with Crippen LogP contribution in [0.5, 0.6) is 0 Å². The molecule has 0 saturated heterocycles. The zero-order valence-electron chi connectivity index (χ0n) is 11.8. The van der Waals surface area contributed by atoms with E-state index in [1.54, 1.807) is 0 Å². The van der Waals surface area contributed by atoms with E-state index in [1.165, 1.54) is 6.42 Å². The highest BCUT2D eigenvalue weighted by atomic mass is 32.1. The molecule has 3 nitrogen and oxygen atoms in total. The fraction of sp³-hybridized carbons (Fsp3) is 0.857. The van der Waals surface area contributed by atoms with Gasteiger partial charge in [0.05, 0.1) is 10.5 Å². The fourth-order valence-corrected chi connectivity index (χ4v) is 2.96. The molecule has 4 heteroatoms. The lowest BCUT2D eigenvalue weighted by molar-refractivity contribution is -0.123. The summed E-state index contributed by atoms with van der Waals surface area (Å²) >= 11 is 5.20. The summed E-state index contributed by atoms with van der Waals surface area (Å²) in [7, 11) is 0. The Morgan fingerprint density at radius 3 is 2.39 bits per heavy atom. The minimum Gasteiger partial charge on any atom is -0.391 e. The second kappa shape index (κ2) is 6.50. The number of hydrogen-bond acceptors (Lipinski definition) is 2. The number of nitrogens with two attached hydrogens (primary N) is 1. The molecule has 0 atom stereocenters. The number of amides is 1. The average molecular weight is 270 g/mol. The van der Waals surface area contributed by atoms with Crippen LogP contribution in [0.1, 0.15) is 59.3 Å². The summed E-state index contributed by atoms with van der Waals surface area (Å²) in [6.45, 7) is 6.30. The van der Waals surface area contributed by atoms with Crippen molar-refractivity contribution < 1.29 is 4.79 Å². The molecule has 104 valence electrons. The highest BCUT2D eigenvalue weighted by Gasteiger charge is 2.38. The number of hydrogen-bond donors (Lipinski definition) is 2. The third-order valence-electron chi connectivity index (χ3n) is 3.98. The van der Waals surface area contributed by atoms with Gasteiger partial charge in [-0.2, -0.15) is 0 Å². The number of carbonyl (C=O) groups excluding carboxylic acids is 1. The number of rotatable bonds is 5. The van der Waals surface area contributed by atoms with Crippen LogP contribution in [-0.2, 0) is 4.79 Å². The molecule has 18 heavy (non-hydrogen) atoms. The largest absolute Gasteiger partial charge is 0.391 e. The van der Waals surface area contributed by atoms with E-state index in [-0.39, 0.29) is 5.91 Å². The molecular weight excluding hydrogens is 244 g/mol. The summed E-state index contributed by atoms with van der Waals surface area (Å²) in [6.07, 6.45) is 5.75. The average Bonchev–Trinajstić information content (AvgIpc) is 2.28. The molecule has 0 aliphatic heterocycles. The molecule has 0 spiro atoms.